The highest BCUT2D eigenvalue weighted by molar-refractivity contribution is 7.89. The van der Waals surface area contributed by atoms with Gasteiger partial charge in [0, 0.05) is 13.1 Å². The van der Waals surface area contributed by atoms with Gasteiger partial charge in [0.1, 0.15) is 0 Å². The smallest absolute Gasteiger partial charge is 0.261 e. The van der Waals surface area contributed by atoms with Crippen LogP contribution in [0, 0.1) is 12.7 Å². The number of pyridine rings is 1. The quantitative estimate of drug-likeness (QED) is 0.864. The Labute approximate surface area is 102 Å². The van der Waals surface area contributed by atoms with Gasteiger partial charge in [-0.2, -0.15) is 4.98 Å². The monoisotopic (exact) mass is 272 g/mol. The molecule has 0 spiro atoms. The van der Waals surface area contributed by atoms with Crippen molar-refractivity contribution < 1.29 is 17.3 Å². The Bertz CT molecular complexity index is 655. The Kier molecular flexibility index (Phi) is 3.34. The van der Waals surface area contributed by atoms with Crippen molar-refractivity contribution in [3.05, 3.63) is 35.9 Å². The Morgan fingerprint density at radius 1 is 1.50 bits per heavy atom. The van der Waals surface area contributed by atoms with Crippen molar-refractivity contribution in [1.82, 2.24) is 19.8 Å². The van der Waals surface area contributed by atoms with E-state index in [9.17, 15) is 12.8 Å². The summed E-state index contributed by atoms with van der Waals surface area (Å²) < 4.78 is 43.6. The Hall–Kier alpha value is -1.87. The highest BCUT2D eigenvalue weighted by Gasteiger charge is 2.20. The summed E-state index contributed by atoms with van der Waals surface area (Å²) in [6, 6.07) is 2.32. The summed E-state index contributed by atoms with van der Waals surface area (Å²) in [6.07, 6.45) is 1.19. The van der Waals surface area contributed by atoms with E-state index in [2.05, 4.69) is 24.4 Å². The Balaban J connectivity index is 2.16. The molecule has 18 heavy (non-hydrogen) atoms. The van der Waals surface area contributed by atoms with E-state index >= 15 is 0 Å². The number of hydrogen-bond donors (Lipinski definition) is 1. The molecule has 0 aliphatic rings. The van der Waals surface area contributed by atoms with Crippen molar-refractivity contribution in [2.45, 2.75) is 18.5 Å². The van der Waals surface area contributed by atoms with Gasteiger partial charge in [-0.1, -0.05) is 5.16 Å². The normalized spacial score (nSPS) is 11.7. The summed E-state index contributed by atoms with van der Waals surface area (Å²) in [5.74, 6) is -0.449. The summed E-state index contributed by atoms with van der Waals surface area (Å²) in [7, 11) is -4.04. The number of nitrogens with one attached hydrogen (secondary N) is 1. The predicted octanol–water partition coefficient (Wildman–Crippen LogP) is 0.391. The van der Waals surface area contributed by atoms with Crippen LogP contribution in [-0.4, -0.2) is 23.5 Å². The molecule has 9 heteroatoms. The van der Waals surface area contributed by atoms with Crippen LogP contribution < -0.4 is 4.72 Å². The molecule has 0 saturated heterocycles. The second kappa shape index (κ2) is 4.78. The third kappa shape index (κ3) is 2.68. The van der Waals surface area contributed by atoms with Crippen molar-refractivity contribution in [2.24, 2.45) is 0 Å². The van der Waals surface area contributed by atoms with Gasteiger partial charge in [0.05, 0.1) is 6.54 Å². The summed E-state index contributed by atoms with van der Waals surface area (Å²) in [6.45, 7) is 1.37. The van der Waals surface area contributed by atoms with Crippen molar-refractivity contribution in [3.8, 4) is 0 Å². The minimum absolute atomic E-state index is 0.160. The molecule has 7 nitrogen and oxygen atoms in total. The Morgan fingerprint density at radius 2 is 2.28 bits per heavy atom. The minimum atomic E-state index is -4.04. The second-order valence-electron chi connectivity index (χ2n) is 3.34. The topological polar surface area (TPSA) is 98.0 Å². The fraction of sp³-hybridized carbons (Fsp3) is 0.222. The molecule has 0 bridgehead atoms. The van der Waals surface area contributed by atoms with Gasteiger partial charge in [0.25, 0.3) is 10.0 Å². The fourth-order valence-corrected chi connectivity index (χ4v) is 2.19. The molecular formula is C9H9FN4O3S. The molecule has 0 amide bonds. The molecule has 0 aliphatic heterocycles. The molecule has 2 aromatic heterocycles. The third-order valence-electron chi connectivity index (χ3n) is 1.97. The van der Waals surface area contributed by atoms with Crippen LogP contribution in [0.25, 0.3) is 0 Å². The number of nitrogens with zero attached hydrogens (tertiary/aromatic N) is 3. The van der Waals surface area contributed by atoms with Crippen LogP contribution in [0.15, 0.2) is 27.9 Å². The van der Waals surface area contributed by atoms with E-state index in [-0.39, 0.29) is 12.4 Å². The molecule has 0 aliphatic carbocycles. The SMILES string of the molecule is Cc1nc(CNS(=O)(=O)c2ncccc2F)no1. The van der Waals surface area contributed by atoms with Gasteiger partial charge >= 0.3 is 0 Å². The second-order valence-corrected chi connectivity index (χ2v) is 5.03. The van der Waals surface area contributed by atoms with Crippen LogP contribution in [-0.2, 0) is 16.6 Å². The molecule has 0 unspecified atom stereocenters. The summed E-state index contributed by atoms with van der Waals surface area (Å²) in [5.41, 5.74) is 0. The summed E-state index contributed by atoms with van der Waals surface area (Å²) in [4.78, 5) is 7.29. The highest BCUT2D eigenvalue weighted by Crippen LogP contribution is 2.10. The molecule has 96 valence electrons. The average molecular weight is 272 g/mol. The molecule has 2 aromatic rings. The van der Waals surface area contributed by atoms with E-state index in [0.29, 0.717) is 5.89 Å². The summed E-state index contributed by atoms with van der Waals surface area (Å²) >= 11 is 0. The largest absolute Gasteiger partial charge is 0.340 e. The number of aromatic nitrogens is 3. The van der Waals surface area contributed by atoms with Gasteiger partial charge < -0.3 is 4.52 Å². The van der Waals surface area contributed by atoms with Crippen LogP contribution in [0.4, 0.5) is 4.39 Å². The molecule has 0 atom stereocenters. The molecule has 0 saturated carbocycles. The average Bonchev–Trinajstić information content (AvgIpc) is 2.73. The maximum absolute atomic E-state index is 13.3. The lowest BCUT2D eigenvalue weighted by molar-refractivity contribution is 0.387. The van der Waals surface area contributed by atoms with E-state index in [4.69, 9.17) is 0 Å². The lowest BCUT2D eigenvalue weighted by Crippen LogP contribution is -2.25. The first kappa shape index (κ1) is 12.6. The van der Waals surface area contributed by atoms with Gasteiger partial charge in [-0.25, -0.2) is 22.5 Å². The fourth-order valence-electron chi connectivity index (χ4n) is 1.21. The first-order valence-corrected chi connectivity index (χ1v) is 6.37. The van der Waals surface area contributed by atoms with Gasteiger partial charge in [0.15, 0.2) is 11.6 Å². The van der Waals surface area contributed by atoms with Gasteiger partial charge in [0.2, 0.25) is 10.9 Å². The zero-order chi connectivity index (χ0) is 13.2. The van der Waals surface area contributed by atoms with Crippen LogP contribution in [0.5, 0.6) is 0 Å². The molecule has 0 aromatic carbocycles. The zero-order valence-corrected chi connectivity index (χ0v) is 10.1. The first-order valence-electron chi connectivity index (χ1n) is 4.88. The molecule has 1 N–H and O–H groups in total. The molecule has 0 radical (unpaired) electrons. The number of aryl methyl sites for hydroxylation is 1. The molecule has 2 heterocycles. The maximum atomic E-state index is 13.3. The number of halogens is 1. The Morgan fingerprint density at radius 3 is 2.89 bits per heavy atom. The van der Waals surface area contributed by atoms with Crippen LogP contribution in [0.3, 0.4) is 0 Å². The van der Waals surface area contributed by atoms with Crippen LogP contribution >= 0.6 is 0 Å². The number of sulfonamides is 1. The maximum Gasteiger partial charge on any atom is 0.261 e. The van der Waals surface area contributed by atoms with Gasteiger partial charge in [-0.3, -0.25) is 0 Å². The lowest BCUT2D eigenvalue weighted by atomic mass is 10.5. The van der Waals surface area contributed by atoms with Gasteiger partial charge in [-0.15, -0.1) is 0 Å². The molecule has 2 rings (SSSR count). The standard InChI is InChI=1S/C9H9FN4O3S/c1-6-13-8(14-17-6)5-12-18(15,16)9-7(10)3-2-4-11-9/h2-4,12H,5H2,1H3. The zero-order valence-electron chi connectivity index (χ0n) is 9.29. The van der Waals surface area contributed by atoms with Crippen molar-refractivity contribution >= 4 is 10.0 Å². The summed E-state index contributed by atoms with van der Waals surface area (Å²) in [5, 5.41) is 2.85. The van der Waals surface area contributed by atoms with Crippen molar-refractivity contribution in [3.63, 3.8) is 0 Å². The lowest BCUT2D eigenvalue weighted by Gasteiger charge is -2.04. The van der Waals surface area contributed by atoms with E-state index < -0.39 is 20.9 Å². The van der Waals surface area contributed by atoms with Crippen LogP contribution in [0.2, 0.25) is 0 Å². The van der Waals surface area contributed by atoms with Crippen LogP contribution in [0.1, 0.15) is 11.7 Å². The van der Waals surface area contributed by atoms with Gasteiger partial charge in [-0.05, 0) is 12.1 Å². The molecular weight excluding hydrogens is 263 g/mol. The van der Waals surface area contributed by atoms with Crippen molar-refractivity contribution in [1.29, 1.82) is 0 Å². The number of hydrogen-bond acceptors (Lipinski definition) is 6. The van der Waals surface area contributed by atoms with E-state index in [1.807, 2.05) is 0 Å². The third-order valence-corrected chi connectivity index (χ3v) is 3.30. The molecule has 0 fully saturated rings. The minimum Gasteiger partial charge on any atom is -0.340 e. The number of rotatable bonds is 4. The van der Waals surface area contributed by atoms with Crippen molar-refractivity contribution in [2.75, 3.05) is 0 Å². The van der Waals surface area contributed by atoms with E-state index in [1.54, 1.807) is 6.92 Å². The first-order chi connectivity index (χ1) is 8.49. The predicted molar refractivity (Wildman–Crippen MR) is 57.3 cm³/mol. The highest BCUT2D eigenvalue weighted by atomic mass is 32.2. The van der Waals surface area contributed by atoms with E-state index in [0.717, 1.165) is 6.07 Å². The van der Waals surface area contributed by atoms with E-state index in [1.165, 1.54) is 12.3 Å².